The van der Waals surface area contributed by atoms with Crippen LogP contribution in [0.15, 0.2) is 0 Å². The normalized spacial score (nSPS) is 40.7. The molecule has 1 aliphatic rings. The number of aliphatic carboxylic acids is 1. The Balaban J connectivity index is 2.80. The zero-order valence-corrected chi connectivity index (χ0v) is 10.2. The Kier molecular flexibility index (Phi) is 5.06. The Hall–Kier alpha value is -0.730. The van der Waals surface area contributed by atoms with Gasteiger partial charge in [0, 0.05) is 6.42 Å². The van der Waals surface area contributed by atoms with Crippen molar-refractivity contribution < 1.29 is 35.1 Å². The highest BCUT2D eigenvalue weighted by Gasteiger charge is 2.54. The van der Waals surface area contributed by atoms with Crippen LogP contribution < -0.4 is 0 Å². The van der Waals surface area contributed by atoms with Crippen LogP contribution in [-0.2, 0) is 9.53 Å². The molecule has 0 aromatic heterocycles. The van der Waals surface area contributed by atoms with Gasteiger partial charge in [-0.3, -0.25) is 0 Å². The van der Waals surface area contributed by atoms with Gasteiger partial charge in [-0.15, -0.1) is 0 Å². The molecule has 7 heteroatoms. The summed E-state index contributed by atoms with van der Waals surface area (Å²) in [5, 5.41) is 47.6. The molecule has 0 saturated carbocycles. The van der Waals surface area contributed by atoms with Crippen LogP contribution in [0, 0.1) is 0 Å². The van der Waals surface area contributed by atoms with E-state index in [0.717, 1.165) is 12.8 Å². The zero-order valence-electron chi connectivity index (χ0n) is 10.2. The molecule has 0 bridgehead atoms. The molecule has 1 unspecified atom stereocenters. The van der Waals surface area contributed by atoms with E-state index < -0.39 is 36.2 Å². The van der Waals surface area contributed by atoms with Crippen molar-refractivity contribution in [3.8, 4) is 0 Å². The zero-order chi connectivity index (χ0) is 13.9. The molecule has 0 radical (unpaired) electrons. The Morgan fingerprint density at radius 2 is 1.83 bits per heavy atom. The average Bonchev–Trinajstić information content (AvgIpc) is 2.32. The third-order valence-electron chi connectivity index (χ3n) is 3.16. The van der Waals surface area contributed by atoms with E-state index in [1.807, 2.05) is 6.92 Å². The van der Waals surface area contributed by atoms with E-state index in [1.165, 1.54) is 0 Å². The summed E-state index contributed by atoms with van der Waals surface area (Å²) in [5.41, 5.74) is 0. The molecular weight excluding hydrogens is 244 g/mol. The van der Waals surface area contributed by atoms with Crippen LogP contribution in [0.3, 0.4) is 0 Å². The number of aliphatic hydroxyl groups excluding tert-OH is 3. The van der Waals surface area contributed by atoms with Crippen molar-refractivity contribution in [3.63, 3.8) is 0 Å². The number of rotatable bonds is 5. The Morgan fingerprint density at radius 3 is 2.33 bits per heavy atom. The summed E-state index contributed by atoms with van der Waals surface area (Å²) in [6, 6.07) is 0. The van der Waals surface area contributed by atoms with Crippen LogP contribution in [0.25, 0.3) is 0 Å². The lowest BCUT2D eigenvalue weighted by Crippen LogP contribution is -2.66. The number of aliphatic hydroxyl groups is 4. The van der Waals surface area contributed by atoms with E-state index in [0.29, 0.717) is 6.42 Å². The molecule has 7 nitrogen and oxygen atoms in total. The van der Waals surface area contributed by atoms with Crippen LogP contribution in [-0.4, -0.2) is 61.7 Å². The SMILES string of the molecule is CCCCCC1(O)O[C@H](C(=O)O)[C@@H](O)[C@H](O)[C@H]1O. The van der Waals surface area contributed by atoms with Crippen LogP contribution in [0.1, 0.15) is 32.6 Å². The molecular formula is C11H20O7. The summed E-state index contributed by atoms with van der Waals surface area (Å²) in [6.07, 6.45) is -4.87. The maximum absolute atomic E-state index is 10.8. The first-order valence-electron chi connectivity index (χ1n) is 6.00. The van der Waals surface area contributed by atoms with E-state index >= 15 is 0 Å². The summed E-state index contributed by atoms with van der Waals surface area (Å²) >= 11 is 0. The summed E-state index contributed by atoms with van der Waals surface area (Å²) in [7, 11) is 0. The maximum Gasteiger partial charge on any atom is 0.335 e. The number of carboxylic acids is 1. The molecule has 5 N–H and O–H groups in total. The Bertz CT molecular complexity index is 295. The second-order valence-corrected chi connectivity index (χ2v) is 4.60. The van der Waals surface area contributed by atoms with Crippen molar-refractivity contribution in [3.05, 3.63) is 0 Å². The number of hydrogen-bond donors (Lipinski definition) is 5. The fourth-order valence-corrected chi connectivity index (χ4v) is 2.02. The monoisotopic (exact) mass is 264 g/mol. The van der Waals surface area contributed by atoms with Gasteiger partial charge in [-0.25, -0.2) is 4.79 Å². The third-order valence-corrected chi connectivity index (χ3v) is 3.16. The molecule has 1 saturated heterocycles. The quantitative estimate of drug-likeness (QED) is 0.395. The summed E-state index contributed by atoms with van der Waals surface area (Å²) in [6.45, 7) is 1.95. The van der Waals surface area contributed by atoms with Crippen LogP contribution in [0.2, 0.25) is 0 Å². The predicted molar refractivity (Wildman–Crippen MR) is 59.6 cm³/mol. The van der Waals surface area contributed by atoms with E-state index in [-0.39, 0.29) is 6.42 Å². The number of ether oxygens (including phenoxy) is 1. The third kappa shape index (κ3) is 2.99. The first-order chi connectivity index (χ1) is 8.33. The first kappa shape index (κ1) is 15.3. The molecule has 1 aliphatic heterocycles. The fourth-order valence-electron chi connectivity index (χ4n) is 2.02. The van der Waals surface area contributed by atoms with Gasteiger partial charge in [0.1, 0.15) is 18.3 Å². The average molecular weight is 264 g/mol. The minimum atomic E-state index is -2.14. The van der Waals surface area contributed by atoms with Gasteiger partial charge in [0.25, 0.3) is 0 Å². The molecule has 1 heterocycles. The lowest BCUT2D eigenvalue weighted by atomic mass is 9.89. The molecule has 0 amide bonds. The highest BCUT2D eigenvalue weighted by Crippen LogP contribution is 2.32. The first-order valence-corrected chi connectivity index (χ1v) is 6.00. The van der Waals surface area contributed by atoms with E-state index in [9.17, 15) is 25.2 Å². The number of carbonyl (C=O) groups is 1. The fraction of sp³-hybridized carbons (Fsp3) is 0.909. The molecule has 106 valence electrons. The molecule has 0 spiro atoms. The van der Waals surface area contributed by atoms with E-state index in [4.69, 9.17) is 9.84 Å². The largest absolute Gasteiger partial charge is 0.479 e. The highest BCUT2D eigenvalue weighted by molar-refractivity contribution is 5.73. The van der Waals surface area contributed by atoms with Gasteiger partial charge in [-0.1, -0.05) is 19.8 Å². The molecule has 1 rings (SSSR count). The van der Waals surface area contributed by atoms with Gasteiger partial charge in [-0.2, -0.15) is 0 Å². The van der Waals surface area contributed by atoms with Crippen LogP contribution in [0.5, 0.6) is 0 Å². The number of hydrogen-bond acceptors (Lipinski definition) is 6. The smallest absolute Gasteiger partial charge is 0.335 e. The number of carboxylic acid groups (broad SMARTS) is 1. The van der Waals surface area contributed by atoms with Crippen molar-refractivity contribution in [1.82, 2.24) is 0 Å². The summed E-state index contributed by atoms with van der Waals surface area (Å²) in [5.74, 6) is -3.64. The standard InChI is InChI=1S/C11H20O7/c1-2-3-4-5-11(17)9(14)7(13)6(12)8(18-11)10(15)16/h6-9,12-14,17H,2-5H2,1H3,(H,15,16)/t6-,7-,8-,9+,11?/m0/s1. The lowest BCUT2D eigenvalue weighted by molar-refractivity contribution is -0.343. The van der Waals surface area contributed by atoms with E-state index in [2.05, 4.69) is 0 Å². The molecule has 5 atom stereocenters. The number of unbranched alkanes of at least 4 members (excludes halogenated alkanes) is 2. The Labute approximate surface area is 105 Å². The molecule has 0 aromatic rings. The summed E-state index contributed by atoms with van der Waals surface area (Å²) < 4.78 is 4.87. The highest BCUT2D eigenvalue weighted by atomic mass is 16.7. The van der Waals surface area contributed by atoms with Crippen LogP contribution >= 0.6 is 0 Å². The lowest BCUT2D eigenvalue weighted by Gasteiger charge is -2.44. The molecule has 0 aromatic carbocycles. The second kappa shape index (κ2) is 5.94. The van der Waals surface area contributed by atoms with Gasteiger partial charge >= 0.3 is 5.97 Å². The van der Waals surface area contributed by atoms with Crippen LogP contribution in [0.4, 0.5) is 0 Å². The van der Waals surface area contributed by atoms with Gasteiger partial charge in [-0.05, 0) is 6.42 Å². The van der Waals surface area contributed by atoms with Gasteiger partial charge in [0.15, 0.2) is 11.9 Å². The topological polar surface area (TPSA) is 127 Å². The van der Waals surface area contributed by atoms with Gasteiger partial charge < -0.3 is 30.3 Å². The van der Waals surface area contributed by atoms with E-state index in [1.54, 1.807) is 0 Å². The van der Waals surface area contributed by atoms with Crippen molar-refractivity contribution in [2.24, 2.45) is 0 Å². The Morgan fingerprint density at radius 1 is 1.22 bits per heavy atom. The molecule has 1 fully saturated rings. The second-order valence-electron chi connectivity index (χ2n) is 4.60. The van der Waals surface area contributed by atoms with Crippen molar-refractivity contribution in [2.45, 2.75) is 62.8 Å². The molecule has 0 aliphatic carbocycles. The minimum Gasteiger partial charge on any atom is -0.479 e. The van der Waals surface area contributed by atoms with Crippen molar-refractivity contribution in [1.29, 1.82) is 0 Å². The maximum atomic E-state index is 10.8. The van der Waals surface area contributed by atoms with Gasteiger partial charge in [0.2, 0.25) is 0 Å². The molecule has 18 heavy (non-hydrogen) atoms. The van der Waals surface area contributed by atoms with Crippen molar-refractivity contribution >= 4 is 5.97 Å². The van der Waals surface area contributed by atoms with Crippen molar-refractivity contribution in [2.75, 3.05) is 0 Å². The minimum absolute atomic E-state index is 0.00440. The van der Waals surface area contributed by atoms with Gasteiger partial charge in [0.05, 0.1) is 0 Å². The predicted octanol–water partition coefficient (Wildman–Crippen LogP) is -1.18. The summed E-state index contributed by atoms with van der Waals surface area (Å²) in [4.78, 5) is 10.8.